The van der Waals surface area contributed by atoms with E-state index in [1.807, 2.05) is 26.1 Å². The first kappa shape index (κ1) is 33.3. The van der Waals surface area contributed by atoms with Crippen LogP contribution in [0.3, 0.4) is 0 Å². The molecule has 2 aliphatic heterocycles. The molecule has 0 spiro atoms. The molecule has 40 heavy (non-hydrogen) atoms. The molecule has 16 nitrogen and oxygen atoms in total. The third kappa shape index (κ3) is 6.71. The third-order valence-electron chi connectivity index (χ3n) is 6.72. The maximum absolute atomic E-state index is 13.2. The monoisotopic (exact) mass is 630 g/mol. The second-order valence-electron chi connectivity index (χ2n) is 8.89. The predicted octanol–water partition coefficient (Wildman–Crippen LogP) is 3.30. The SMILES string of the molecule is C=CN(C1=C(C/C=C\C)C(N)N(C)C=N1)C1CC2[C@H](O)[C@]2(COP(=O)(OC)OP(=O)(OC)OP(=O)(OC)OC)O1. The Morgan fingerprint density at radius 2 is 1.77 bits per heavy atom. The number of rotatable bonds is 16. The minimum Gasteiger partial charge on any atom is -0.390 e. The van der Waals surface area contributed by atoms with E-state index in [0.717, 1.165) is 34.0 Å². The van der Waals surface area contributed by atoms with Crippen molar-refractivity contribution in [1.82, 2.24) is 9.80 Å². The van der Waals surface area contributed by atoms with Gasteiger partial charge in [-0.1, -0.05) is 18.7 Å². The Kier molecular flexibility index (Phi) is 10.8. The van der Waals surface area contributed by atoms with Gasteiger partial charge >= 0.3 is 23.5 Å². The Morgan fingerprint density at radius 3 is 2.33 bits per heavy atom. The zero-order chi connectivity index (χ0) is 29.9. The van der Waals surface area contributed by atoms with E-state index >= 15 is 0 Å². The first-order valence-electron chi connectivity index (χ1n) is 12.0. The summed E-state index contributed by atoms with van der Waals surface area (Å²) in [7, 11) is -8.32. The first-order chi connectivity index (χ1) is 18.8. The largest absolute Gasteiger partial charge is 0.492 e. The van der Waals surface area contributed by atoms with Gasteiger partial charge in [-0.2, -0.15) is 8.62 Å². The topological polar surface area (TPSA) is 190 Å². The summed E-state index contributed by atoms with van der Waals surface area (Å²) in [5, 5.41) is 10.6. The van der Waals surface area contributed by atoms with Crippen LogP contribution in [0.15, 0.2) is 41.3 Å². The normalized spacial score (nSPS) is 31.2. The maximum Gasteiger partial charge on any atom is 0.492 e. The van der Waals surface area contributed by atoms with Gasteiger partial charge in [0.25, 0.3) is 0 Å². The van der Waals surface area contributed by atoms with Crippen molar-refractivity contribution in [3.63, 3.8) is 0 Å². The van der Waals surface area contributed by atoms with Gasteiger partial charge in [0.15, 0.2) is 0 Å². The zero-order valence-corrected chi connectivity index (χ0v) is 25.8. The lowest BCUT2D eigenvalue weighted by Gasteiger charge is -2.36. The highest BCUT2D eigenvalue weighted by atomic mass is 31.3. The average molecular weight is 630 g/mol. The van der Waals surface area contributed by atoms with Gasteiger partial charge in [0, 0.05) is 59.6 Å². The van der Waals surface area contributed by atoms with Gasteiger partial charge in [-0.25, -0.2) is 18.7 Å². The van der Waals surface area contributed by atoms with E-state index in [9.17, 15) is 18.8 Å². The molecule has 2 heterocycles. The Morgan fingerprint density at radius 1 is 1.18 bits per heavy atom. The van der Waals surface area contributed by atoms with Gasteiger partial charge in [0.2, 0.25) is 0 Å². The molecule has 5 unspecified atom stereocenters. The Balaban J connectivity index is 1.77. The Labute approximate surface area is 233 Å². The number of nitrogens with zero attached hydrogens (tertiary/aromatic N) is 3. The molecule has 3 aliphatic rings. The summed E-state index contributed by atoms with van der Waals surface area (Å²) in [6.45, 7) is 5.31. The quantitative estimate of drug-likeness (QED) is 0.186. The van der Waals surface area contributed by atoms with E-state index in [0.29, 0.717) is 18.7 Å². The molecule has 7 atom stereocenters. The molecule has 0 aromatic carbocycles. The molecule has 0 aromatic rings. The molecule has 1 aliphatic carbocycles. The molecule has 228 valence electrons. The Hall–Kier alpha value is -1.22. The summed E-state index contributed by atoms with van der Waals surface area (Å²) >= 11 is 0. The van der Waals surface area contributed by atoms with Gasteiger partial charge in [0.05, 0.1) is 19.0 Å². The molecular formula is C21H37N4O12P3. The number of likely N-dealkylation sites (N-methyl/N-ethyl adjacent to an activating group) is 1. The van der Waals surface area contributed by atoms with Crippen molar-refractivity contribution in [2.45, 2.75) is 43.9 Å². The molecule has 3 N–H and O–H groups in total. The second kappa shape index (κ2) is 13.0. The minimum atomic E-state index is -4.85. The van der Waals surface area contributed by atoms with Crippen LogP contribution in [0, 0.1) is 5.92 Å². The van der Waals surface area contributed by atoms with Gasteiger partial charge in [0.1, 0.15) is 23.8 Å². The van der Waals surface area contributed by atoms with Crippen LogP contribution in [-0.4, -0.2) is 87.4 Å². The van der Waals surface area contributed by atoms with E-state index in [2.05, 4.69) is 25.1 Å². The second-order valence-corrected chi connectivity index (χ2v) is 14.6. The first-order valence-corrected chi connectivity index (χ1v) is 16.4. The molecule has 0 aromatic heterocycles. The summed E-state index contributed by atoms with van der Waals surface area (Å²) in [5.74, 6) is 0.141. The summed E-state index contributed by atoms with van der Waals surface area (Å²) < 4.78 is 78.2. The van der Waals surface area contributed by atoms with E-state index in [4.69, 9.17) is 28.1 Å². The van der Waals surface area contributed by atoms with Crippen LogP contribution in [0.25, 0.3) is 0 Å². The number of phosphoric acid groups is 3. The lowest BCUT2D eigenvalue weighted by atomic mass is 10.1. The van der Waals surface area contributed by atoms with Gasteiger partial charge in [-0.15, -0.1) is 0 Å². The van der Waals surface area contributed by atoms with Crippen LogP contribution < -0.4 is 5.73 Å². The number of fused-ring (bicyclic) bond motifs is 1. The van der Waals surface area contributed by atoms with Crippen molar-refractivity contribution in [2.75, 3.05) is 42.1 Å². The number of allylic oxidation sites excluding steroid dienone is 2. The highest BCUT2D eigenvalue weighted by Crippen LogP contribution is 2.73. The number of aliphatic hydroxyl groups excluding tert-OH is 1. The smallest absolute Gasteiger partial charge is 0.390 e. The van der Waals surface area contributed by atoms with Crippen LogP contribution in [0.5, 0.6) is 0 Å². The molecule has 2 fully saturated rings. The highest BCUT2D eigenvalue weighted by Gasteiger charge is 2.72. The summed E-state index contributed by atoms with van der Waals surface area (Å²) in [5.41, 5.74) is 5.94. The summed E-state index contributed by atoms with van der Waals surface area (Å²) in [6.07, 6.45) is 5.90. The van der Waals surface area contributed by atoms with Gasteiger partial charge in [-0.05, 0) is 13.3 Å². The highest BCUT2D eigenvalue weighted by molar-refractivity contribution is 7.67. The number of hydrogen-bond donors (Lipinski definition) is 2. The molecule has 0 radical (unpaired) electrons. The van der Waals surface area contributed by atoms with Crippen LogP contribution in [0.4, 0.5) is 0 Å². The van der Waals surface area contributed by atoms with E-state index in [-0.39, 0.29) is 0 Å². The average Bonchev–Trinajstić information content (AvgIpc) is 3.27. The number of nitrogens with two attached hydrogens (primary N) is 1. The third-order valence-corrected chi connectivity index (χ3v) is 12.2. The molecule has 0 bridgehead atoms. The fraction of sp³-hybridized carbons (Fsp3) is 0.667. The van der Waals surface area contributed by atoms with Crippen molar-refractivity contribution in [3.05, 3.63) is 36.3 Å². The predicted molar refractivity (Wildman–Crippen MR) is 143 cm³/mol. The fourth-order valence-electron chi connectivity index (χ4n) is 4.34. The molecule has 3 rings (SSSR count). The lowest BCUT2D eigenvalue weighted by molar-refractivity contribution is -0.0974. The Bertz CT molecular complexity index is 1170. The van der Waals surface area contributed by atoms with E-state index < -0.39 is 60.1 Å². The molecule has 0 amide bonds. The van der Waals surface area contributed by atoms with Gasteiger partial charge < -0.3 is 25.4 Å². The van der Waals surface area contributed by atoms with Crippen molar-refractivity contribution in [1.29, 1.82) is 0 Å². The summed E-state index contributed by atoms with van der Waals surface area (Å²) in [4.78, 5) is 8.04. The van der Waals surface area contributed by atoms with Crippen molar-refractivity contribution >= 4 is 29.8 Å². The number of aliphatic imine (C=N–C) groups is 1. The van der Waals surface area contributed by atoms with E-state index in [1.165, 1.54) is 0 Å². The van der Waals surface area contributed by atoms with Crippen molar-refractivity contribution in [2.24, 2.45) is 16.6 Å². The summed E-state index contributed by atoms with van der Waals surface area (Å²) in [6, 6.07) is 0. The van der Waals surface area contributed by atoms with Crippen molar-refractivity contribution in [3.8, 4) is 0 Å². The number of phosphoric ester groups is 2. The van der Waals surface area contributed by atoms with E-state index in [1.54, 1.807) is 22.3 Å². The number of aliphatic hydroxyl groups is 1. The standard InChI is InChI=1S/C21H37N4O12P3/c1-8-10-11-15-19(22)24(3)14-23-20(15)25(9-2)17-12-16-18(26)21(16,35-17)13-34-39(28,32-6)37-40(29,33-7)36-38(27,30-4)31-5/h8-10,14,16-19,26H,2,11-13,22H2,1,3-7H3/b10-8-/t16?,17?,18-,19?,21+,39?,40?/m0/s1. The van der Waals surface area contributed by atoms with Crippen molar-refractivity contribution < 1.29 is 54.8 Å². The molecule has 19 heteroatoms. The van der Waals surface area contributed by atoms with Crippen LogP contribution in [-0.2, 0) is 49.7 Å². The van der Waals surface area contributed by atoms with Crippen LogP contribution >= 0.6 is 23.5 Å². The number of hydrogen-bond acceptors (Lipinski definition) is 16. The number of ether oxygens (including phenoxy) is 1. The molecule has 1 saturated carbocycles. The fourth-order valence-corrected chi connectivity index (χ4v) is 8.82. The van der Waals surface area contributed by atoms with Gasteiger partial charge in [-0.3, -0.25) is 22.6 Å². The van der Waals surface area contributed by atoms with Crippen LogP contribution in [0.1, 0.15) is 19.8 Å². The maximum atomic E-state index is 13.2. The van der Waals surface area contributed by atoms with Crippen LogP contribution in [0.2, 0.25) is 0 Å². The lowest BCUT2D eigenvalue weighted by Crippen LogP contribution is -2.45. The zero-order valence-electron chi connectivity index (χ0n) is 23.1. The molecule has 1 saturated heterocycles. The minimum absolute atomic E-state index is 0.347. The molecular weight excluding hydrogens is 593 g/mol.